The minimum Gasteiger partial charge on any atom is -0.495 e. The van der Waals surface area contributed by atoms with E-state index in [1.807, 2.05) is 43.3 Å². The second-order valence-corrected chi connectivity index (χ2v) is 4.93. The number of nitrogens with zero attached hydrogens (tertiary/aromatic N) is 1. The molecule has 0 heterocycles. The smallest absolute Gasteiger partial charge is 0.137 e. The zero-order valence-corrected chi connectivity index (χ0v) is 12.2. The van der Waals surface area contributed by atoms with Crippen molar-refractivity contribution < 1.29 is 4.74 Å². The third kappa shape index (κ3) is 3.49. The van der Waals surface area contributed by atoms with Gasteiger partial charge in [0.1, 0.15) is 5.75 Å². The number of rotatable bonds is 3. The van der Waals surface area contributed by atoms with Crippen LogP contribution >= 0.6 is 23.2 Å². The Morgan fingerprint density at radius 3 is 2.58 bits per heavy atom. The molecular weight excluding hydrogens is 281 g/mol. The zero-order valence-electron chi connectivity index (χ0n) is 10.7. The van der Waals surface area contributed by atoms with Gasteiger partial charge < -0.3 is 4.74 Å². The molecule has 2 aromatic carbocycles. The van der Waals surface area contributed by atoms with Crippen LogP contribution in [0.1, 0.15) is 11.1 Å². The molecule has 0 aliphatic carbocycles. The van der Waals surface area contributed by atoms with Crippen molar-refractivity contribution in [3.8, 4) is 5.75 Å². The summed E-state index contributed by atoms with van der Waals surface area (Å²) in [5.41, 5.74) is 2.82. The van der Waals surface area contributed by atoms with E-state index in [1.165, 1.54) is 0 Å². The zero-order chi connectivity index (χ0) is 13.8. The number of ether oxygens (including phenoxy) is 1. The van der Waals surface area contributed by atoms with Gasteiger partial charge in [-0.2, -0.15) is 0 Å². The van der Waals surface area contributed by atoms with Crippen LogP contribution in [0, 0.1) is 6.92 Å². The Labute approximate surface area is 122 Å². The van der Waals surface area contributed by atoms with E-state index in [0.29, 0.717) is 15.8 Å². The molecular formula is C15H13Cl2NO. The van der Waals surface area contributed by atoms with Crippen molar-refractivity contribution in [3.05, 3.63) is 57.6 Å². The highest BCUT2D eigenvalue weighted by Crippen LogP contribution is 2.26. The Hall–Kier alpha value is -1.51. The third-order valence-electron chi connectivity index (χ3n) is 2.70. The number of methoxy groups -OCH3 is 1. The summed E-state index contributed by atoms with van der Waals surface area (Å²) in [4.78, 5) is 4.42. The van der Waals surface area contributed by atoms with E-state index >= 15 is 0 Å². The van der Waals surface area contributed by atoms with Crippen LogP contribution in [-0.2, 0) is 0 Å². The van der Waals surface area contributed by atoms with Crippen molar-refractivity contribution in [3.63, 3.8) is 0 Å². The van der Waals surface area contributed by atoms with Crippen molar-refractivity contribution in [1.82, 2.24) is 0 Å². The quantitative estimate of drug-likeness (QED) is 0.725. The summed E-state index contributed by atoms with van der Waals surface area (Å²) in [6.07, 6.45) is 1.75. The van der Waals surface area contributed by atoms with Crippen LogP contribution in [0.4, 0.5) is 5.69 Å². The highest BCUT2D eigenvalue weighted by atomic mass is 35.5. The molecule has 0 radical (unpaired) electrons. The second-order valence-electron chi connectivity index (χ2n) is 4.08. The number of hydrogen-bond acceptors (Lipinski definition) is 2. The average Bonchev–Trinajstić information content (AvgIpc) is 2.40. The molecule has 0 aromatic heterocycles. The van der Waals surface area contributed by atoms with Gasteiger partial charge in [-0.3, -0.25) is 4.99 Å². The Morgan fingerprint density at radius 2 is 1.89 bits per heavy atom. The Kier molecular flexibility index (Phi) is 4.46. The summed E-state index contributed by atoms with van der Waals surface area (Å²) < 4.78 is 5.10. The fourth-order valence-electron chi connectivity index (χ4n) is 1.63. The maximum Gasteiger partial charge on any atom is 0.137 e. The molecule has 0 bridgehead atoms. The molecule has 0 saturated carbocycles. The summed E-state index contributed by atoms with van der Waals surface area (Å²) >= 11 is 12.0. The summed E-state index contributed by atoms with van der Waals surface area (Å²) in [7, 11) is 1.59. The largest absolute Gasteiger partial charge is 0.495 e. The molecule has 4 heteroatoms. The van der Waals surface area contributed by atoms with Crippen LogP contribution in [0.2, 0.25) is 10.0 Å². The average molecular weight is 294 g/mol. The van der Waals surface area contributed by atoms with E-state index in [2.05, 4.69) is 4.99 Å². The predicted octanol–water partition coefficient (Wildman–Crippen LogP) is 5.06. The van der Waals surface area contributed by atoms with Crippen LogP contribution in [0.3, 0.4) is 0 Å². The molecule has 2 aromatic rings. The first-order valence-electron chi connectivity index (χ1n) is 5.74. The molecule has 0 atom stereocenters. The highest BCUT2D eigenvalue weighted by molar-refractivity contribution is 6.32. The first kappa shape index (κ1) is 13.9. The van der Waals surface area contributed by atoms with Crippen LogP contribution in [-0.4, -0.2) is 13.3 Å². The normalized spacial score (nSPS) is 10.9. The number of aryl methyl sites for hydroxylation is 1. The van der Waals surface area contributed by atoms with E-state index in [1.54, 1.807) is 13.3 Å². The van der Waals surface area contributed by atoms with Crippen molar-refractivity contribution in [2.75, 3.05) is 7.11 Å². The minimum absolute atomic E-state index is 0.564. The molecule has 0 fully saturated rings. The number of aliphatic imine (C=N–C) groups is 1. The molecule has 0 amide bonds. The van der Waals surface area contributed by atoms with Crippen LogP contribution in [0.15, 0.2) is 41.4 Å². The molecule has 0 unspecified atom stereocenters. The van der Waals surface area contributed by atoms with Gasteiger partial charge in [-0.15, -0.1) is 0 Å². The van der Waals surface area contributed by atoms with Crippen LogP contribution in [0.5, 0.6) is 5.75 Å². The van der Waals surface area contributed by atoms with Crippen molar-refractivity contribution in [1.29, 1.82) is 0 Å². The van der Waals surface area contributed by atoms with E-state index in [9.17, 15) is 0 Å². The number of halogens is 2. The molecule has 0 saturated heterocycles. The lowest BCUT2D eigenvalue weighted by atomic mass is 10.2. The lowest BCUT2D eigenvalue weighted by Crippen LogP contribution is -1.87. The van der Waals surface area contributed by atoms with Gasteiger partial charge in [-0.25, -0.2) is 0 Å². The Bertz CT molecular complexity index is 624. The van der Waals surface area contributed by atoms with Gasteiger partial charge in [-0.1, -0.05) is 29.3 Å². The maximum absolute atomic E-state index is 6.06. The molecule has 2 rings (SSSR count). The molecule has 2 nitrogen and oxygen atoms in total. The summed E-state index contributed by atoms with van der Waals surface area (Å²) in [6, 6.07) is 11.1. The fourth-order valence-corrected chi connectivity index (χ4v) is 2.06. The van der Waals surface area contributed by atoms with Crippen LogP contribution < -0.4 is 4.74 Å². The number of benzene rings is 2. The summed E-state index contributed by atoms with van der Waals surface area (Å²) in [5.74, 6) is 0.651. The Morgan fingerprint density at radius 1 is 1.11 bits per heavy atom. The van der Waals surface area contributed by atoms with E-state index < -0.39 is 0 Å². The van der Waals surface area contributed by atoms with Gasteiger partial charge >= 0.3 is 0 Å². The van der Waals surface area contributed by atoms with Gasteiger partial charge in [-0.05, 0) is 48.4 Å². The van der Waals surface area contributed by atoms with Gasteiger partial charge in [0, 0.05) is 11.2 Å². The third-order valence-corrected chi connectivity index (χ3v) is 3.23. The van der Waals surface area contributed by atoms with Gasteiger partial charge in [0.2, 0.25) is 0 Å². The van der Waals surface area contributed by atoms with Crippen molar-refractivity contribution >= 4 is 35.1 Å². The Balaban J connectivity index is 2.27. The molecule has 0 spiro atoms. The lowest BCUT2D eigenvalue weighted by molar-refractivity contribution is 0.415. The predicted molar refractivity (Wildman–Crippen MR) is 81.4 cm³/mol. The highest BCUT2D eigenvalue weighted by Gasteiger charge is 2.01. The van der Waals surface area contributed by atoms with Gasteiger partial charge in [0.25, 0.3) is 0 Å². The monoisotopic (exact) mass is 293 g/mol. The number of hydrogen-bond donors (Lipinski definition) is 0. The SMILES string of the molecule is COc1ccc(C=Nc2cc(Cl)ccc2C)cc1Cl. The van der Waals surface area contributed by atoms with Crippen LogP contribution in [0.25, 0.3) is 0 Å². The van der Waals surface area contributed by atoms with E-state index in [4.69, 9.17) is 27.9 Å². The molecule has 19 heavy (non-hydrogen) atoms. The molecule has 98 valence electrons. The topological polar surface area (TPSA) is 21.6 Å². The summed E-state index contributed by atoms with van der Waals surface area (Å²) in [5, 5.41) is 1.24. The van der Waals surface area contributed by atoms with Gasteiger partial charge in [0.15, 0.2) is 0 Å². The van der Waals surface area contributed by atoms with E-state index in [-0.39, 0.29) is 0 Å². The summed E-state index contributed by atoms with van der Waals surface area (Å²) in [6.45, 7) is 1.99. The van der Waals surface area contributed by atoms with Crippen molar-refractivity contribution in [2.24, 2.45) is 4.99 Å². The second kappa shape index (κ2) is 6.09. The fraction of sp³-hybridized carbons (Fsp3) is 0.133. The molecule has 0 aliphatic rings. The van der Waals surface area contributed by atoms with E-state index in [0.717, 1.165) is 16.8 Å². The molecule has 0 N–H and O–H groups in total. The first-order valence-corrected chi connectivity index (χ1v) is 6.49. The lowest BCUT2D eigenvalue weighted by Gasteiger charge is -2.03. The van der Waals surface area contributed by atoms with Crippen molar-refractivity contribution in [2.45, 2.75) is 6.92 Å². The first-order chi connectivity index (χ1) is 9.10. The minimum atomic E-state index is 0.564. The maximum atomic E-state index is 6.06. The standard InChI is InChI=1S/C15H13Cl2NO/c1-10-3-5-12(16)8-14(10)18-9-11-4-6-15(19-2)13(17)7-11/h3-9H,1-2H3. The molecule has 0 aliphatic heterocycles. The van der Waals surface area contributed by atoms with Gasteiger partial charge in [0.05, 0.1) is 17.8 Å².